The first-order chi connectivity index (χ1) is 18.7. The van der Waals surface area contributed by atoms with Crippen molar-refractivity contribution >= 4 is 39.1 Å². The summed E-state index contributed by atoms with van der Waals surface area (Å²) in [5.74, 6) is -0.727. The van der Waals surface area contributed by atoms with E-state index < -0.39 is 28.5 Å². The molecule has 1 unspecified atom stereocenters. The highest BCUT2D eigenvalue weighted by Crippen LogP contribution is 2.28. The summed E-state index contributed by atoms with van der Waals surface area (Å²) in [7, 11) is -4.14. The monoisotopic (exact) mass is 569 g/mol. The van der Waals surface area contributed by atoms with Crippen molar-refractivity contribution in [3.63, 3.8) is 0 Å². The highest BCUT2D eigenvalue weighted by molar-refractivity contribution is 7.92. The van der Waals surface area contributed by atoms with Crippen molar-refractivity contribution in [1.82, 2.24) is 10.2 Å². The molecule has 9 heteroatoms. The Morgan fingerprint density at radius 3 is 2.18 bits per heavy atom. The fourth-order valence-corrected chi connectivity index (χ4v) is 5.90. The number of para-hydroxylation sites is 1. The third-order valence-corrected chi connectivity index (χ3v) is 8.50. The van der Waals surface area contributed by atoms with Crippen molar-refractivity contribution in [1.29, 1.82) is 0 Å². The SMILES string of the molecule is CCCCNC(=O)C(CC)N(Cc1ccccc1)C(=O)CN(c1ccccc1C)S(=O)(=O)c1ccc(Cl)cc1. The molecule has 0 saturated carbocycles. The van der Waals surface area contributed by atoms with Crippen LogP contribution in [0.25, 0.3) is 0 Å². The number of unbranched alkanes of at least 4 members (excludes halogenated alkanes) is 1. The van der Waals surface area contributed by atoms with Crippen LogP contribution in [0.15, 0.2) is 83.8 Å². The molecule has 0 bridgehead atoms. The Kier molecular flexibility index (Phi) is 10.9. The number of nitrogens with zero attached hydrogens (tertiary/aromatic N) is 2. The Balaban J connectivity index is 2.03. The Hall–Kier alpha value is -3.36. The summed E-state index contributed by atoms with van der Waals surface area (Å²) in [5, 5.41) is 3.34. The van der Waals surface area contributed by atoms with Gasteiger partial charge in [-0.1, -0.05) is 80.4 Å². The molecule has 39 heavy (non-hydrogen) atoms. The van der Waals surface area contributed by atoms with Crippen LogP contribution in [-0.2, 0) is 26.2 Å². The van der Waals surface area contributed by atoms with Gasteiger partial charge in [0.25, 0.3) is 10.0 Å². The average Bonchev–Trinajstić information content (AvgIpc) is 2.93. The van der Waals surface area contributed by atoms with Crippen molar-refractivity contribution in [3.8, 4) is 0 Å². The molecule has 0 saturated heterocycles. The van der Waals surface area contributed by atoms with Gasteiger partial charge < -0.3 is 10.2 Å². The fraction of sp³-hybridized carbons (Fsp3) is 0.333. The molecule has 3 aromatic rings. The topological polar surface area (TPSA) is 86.8 Å². The number of carbonyl (C=O) groups is 2. The van der Waals surface area contributed by atoms with Crippen LogP contribution in [0.2, 0.25) is 5.02 Å². The van der Waals surface area contributed by atoms with Gasteiger partial charge in [-0.25, -0.2) is 8.42 Å². The van der Waals surface area contributed by atoms with Gasteiger partial charge in [0, 0.05) is 18.1 Å². The van der Waals surface area contributed by atoms with Gasteiger partial charge in [-0.15, -0.1) is 0 Å². The van der Waals surface area contributed by atoms with E-state index in [0.717, 1.165) is 22.7 Å². The number of aryl methyl sites for hydroxylation is 1. The minimum Gasteiger partial charge on any atom is -0.354 e. The van der Waals surface area contributed by atoms with E-state index in [-0.39, 0.29) is 17.3 Å². The lowest BCUT2D eigenvalue weighted by atomic mass is 10.1. The molecular weight excluding hydrogens is 534 g/mol. The summed E-state index contributed by atoms with van der Waals surface area (Å²) < 4.78 is 28.9. The summed E-state index contributed by atoms with van der Waals surface area (Å²) in [5.41, 5.74) is 1.93. The van der Waals surface area contributed by atoms with Gasteiger partial charge in [0.1, 0.15) is 12.6 Å². The number of hydrogen-bond acceptors (Lipinski definition) is 4. The molecule has 3 rings (SSSR count). The second kappa shape index (κ2) is 14.1. The molecule has 0 aliphatic rings. The molecule has 0 radical (unpaired) electrons. The van der Waals surface area contributed by atoms with Gasteiger partial charge in [-0.3, -0.25) is 13.9 Å². The van der Waals surface area contributed by atoms with E-state index in [0.29, 0.717) is 29.2 Å². The van der Waals surface area contributed by atoms with Gasteiger partial charge >= 0.3 is 0 Å². The fourth-order valence-electron chi connectivity index (χ4n) is 4.30. The zero-order valence-electron chi connectivity index (χ0n) is 22.6. The second-order valence-electron chi connectivity index (χ2n) is 9.33. The first kappa shape index (κ1) is 30.2. The molecule has 0 aliphatic heterocycles. The van der Waals surface area contributed by atoms with Crippen LogP contribution in [0.4, 0.5) is 5.69 Å². The first-order valence-electron chi connectivity index (χ1n) is 13.1. The largest absolute Gasteiger partial charge is 0.354 e. The molecule has 2 amide bonds. The maximum atomic E-state index is 14.0. The molecule has 208 valence electrons. The number of nitrogens with one attached hydrogen (secondary N) is 1. The van der Waals surface area contributed by atoms with Crippen LogP contribution in [0.5, 0.6) is 0 Å². The molecule has 1 N–H and O–H groups in total. The molecule has 0 spiro atoms. The quantitative estimate of drug-likeness (QED) is 0.273. The Labute approximate surface area is 236 Å². The van der Waals surface area contributed by atoms with Crippen molar-refractivity contribution in [2.75, 3.05) is 17.4 Å². The number of sulfonamides is 1. The second-order valence-corrected chi connectivity index (χ2v) is 11.6. The zero-order valence-corrected chi connectivity index (χ0v) is 24.2. The van der Waals surface area contributed by atoms with Gasteiger partial charge in [0.15, 0.2) is 0 Å². The van der Waals surface area contributed by atoms with Crippen LogP contribution in [-0.4, -0.2) is 44.3 Å². The van der Waals surface area contributed by atoms with Crippen LogP contribution >= 0.6 is 11.6 Å². The smallest absolute Gasteiger partial charge is 0.264 e. The van der Waals surface area contributed by atoms with Crippen LogP contribution in [0.1, 0.15) is 44.2 Å². The molecule has 0 aliphatic carbocycles. The molecule has 1 atom stereocenters. The highest BCUT2D eigenvalue weighted by Gasteiger charge is 2.34. The van der Waals surface area contributed by atoms with Gasteiger partial charge in [0.05, 0.1) is 10.6 Å². The summed E-state index contributed by atoms with van der Waals surface area (Å²) >= 11 is 6.01. The Morgan fingerprint density at radius 2 is 1.56 bits per heavy atom. The van der Waals surface area contributed by atoms with E-state index in [1.807, 2.05) is 50.2 Å². The molecule has 3 aromatic carbocycles. The highest BCUT2D eigenvalue weighted by atomic mass is 35.5. The lowest BCUT2D eigenvalue weighted by molar-refractivity contribution is -0.140. The minimum absolute atomic E-state index is 0.0157. The third kappa shape index (κ3) is 7.83. The first-order valence-corrected chi connectivity index (χ1v) is 15.0. The number of rotatable bonds is 13. The van der Waals surface area contributed by atoms with Crippen molar-refractivity contribution in [2.24, 2.45) is 0 Å². The van der Waals surface area contributed by atoms with Crippen molar-refractivity contribution in [3.05, 3.63) is 95.0 Å². The summed E-state index contributed by atoms with van der Waals surface area (Å²) in [6, 6.07) is 21.5. The Morgan fingerprint density at radius 1 is 0.923 bits per heavy atom. The number of hydrogen-bond donors (Lipinski definition) is 1. The van der Waals surface area contributed by atoms with Crippen LogP contribution < -0.4 is 9.62 Å². The molecule has 0 heterocycles. The zero-order chi connectivity index (χ0) is 28.4. The van der Waals surface area contributed by atoms with Gasteiger partial charge in [0.2, 0.25) is 11.8 Å². The van der Waals surface area contributed by atoms with E-state index in [4.69, 9.17) is 11.6 Å². The van der Waals surface area contributed by atoms with Crippen molar-refractivity contribution < 1.29 is 18.0 Å². The maximum absolute atomic E-state index is 14.0. The number of carbonyl (C=O) groups excluding carboxylic acids is 2. The molecule has 0 fully saturated rings. The van der Waals surface area contributed by atoms with Gasteiger partial charge in [-0.2, -0.15) is 0 Å². The van der Waals surface area contributed by atoms with E-state index in [2.05, 4.69) is 5.32 Å². The van der Waals surface area contributed by atoms with Gasteiger partial charge in [-0.05, 0) is 61.2 Å². The lowest BCUT2D eigenvalue weighted by Crippen LogP contribution is -2.52. The third-order valence-electron chi connectivity index (χ3n) is 6.48. The van der Waals surface area contributed by atoms with Crippen molar-refractivity contribution in [2.45, 2.75) is 57.5 Å². The standard InChI is InChI=1S/C30H36ClN3O4S/c1-4-6-20-32-30(36)27(5-2)33(21-24-13-8-7-9-14-24)29(35)22-34(28-15-11-10-12-23(28)3)39(37,38)26-18-16-25(31)17-19-26/h7-19,27H,4-6,20-22H2,1-3H3,(H,32,36). The molecule has 7 nitrogen and oxygen atoms in total. The number of benzene rings is 3. The molecule has 0 aromatic heterocycles. The van der Waals surface area contributed by atoms with E-state index in [9.17, 15) is 18.0 Å². The number of anilines is 1. The normalized spacial score (nSPS) is 12.0. The summed E-state index contributed by atoms with van der Waals surface area (Å²) in [4.78, 5) is 28.7. The van der Waals surface area contributed by atoms with E-state index >= 15 is 0 Å². The maximum Gasteiger partial charge on any atom is 0.264 e. The van der Waals surface area contributed by atoms with E-state index in [1.165, 1.54) is 29.2 Å². The predicted molar refractivity (Wildman–Crippen MR) is 156 cm³/mol. The summed E-state index contributed by atoms with van der Waals surface area (Å²) in [6.07, 6.45) is 2.14. The number of amides is 2. The van der Waals surface area contributed by atoms with E-state index in [1.54, 1.807) is 25.1 Å². The predicted octanol–water partition coefficient (Wildman–Crippen LogP) is 5.57. The Bertz CT molecular complexity index is 1350. The van der Waals surface area contributed by atoms with Crippen LogP contribution in [0.3, 0.4) is 0 Å². The summed E-state index contributed by atoms with van der Waals surface area (Å²) in [6.45, 7) is 5.89. The number of halogens is 1. The molecular formula is C30H36ClN3O4S. The minimum atomic E-state index is -4.14. The lowest BCUT2D eigenvalue weighted by Gasteiger charge is -2.33. The average molecular weight is 570 g/mol. The van der Waals surface area contributed by atoms with Crippen LogP contribution in [0, 0.1) is 6.92 Å².